The summed E-state index contributed by atoms with van der Waals surface area (Å²) in [5.41, 5.74) is 5.62. The van der Waals surface area contributed by atoms with Crippen LogP contribution in [0.15, 0.2) is 77.9 Å². The summed E-state index contributed by atoms with van der Waals surface area (Å²) in [4.78, 5) is 0. The molecule has 0 spiro atoms. The van der Waals surface area contributed by atoms with Crippen LogP contribution in [-0.2, 0) is 5.41 Å². The molecule has 0 aromatic heterocycles. The number of hydrogen-bond acceptors (Lipinski definition) is 0. The van der Waals surface area contributed by atoms with E-state index in [-0.39, 0.29) is 5.41 Å². The van der Waals surface area contributed by atoms with Gasteiger partial charge in [-0.3, -0.25) is 0 Å². The quantitative estimate of drug-likeness (QED) is 0.634. The lowest BCUT2D eigenvalue weighted by molar-refractivity contribution is 0.833. The van der Waals surface area contributed by atoms with Gasteiger partial charge in [-0.25, -0.2) is 0 Å². The van der Waals surface area contributed by atoms with Gasteiger partial charge in [-0.05, 0) is 33.0 Å². The van der Waals surface area contributed by atoms with Crippen LogP contribution in [-0.4, -0.2) is 0 Å². The van der Waals surface area contributed by atoms with E-state index in [9.17, 15) is 0 Å². The largest absolute Gasteiger partial charge is 0.0652 e. The molecule has 0 N–H and O–H groups in total. The van der Waals surface area contributed by atoms with E-state index in [1.165, 1.54) is 33.0 Å². The fourth-order valence-electron chi connectivity index (χ4n) is 3.71. The predicted molar refractivity (Wildman–Crippen MR) is 80.0 cm³/mol. The van der Waals surface area contributed by atoms with E-state index in [1.807, 2.05) is 0 Å². The fourth-order valence-corrected chi connectivity index (χ4v) is 3.71. The second-order valence-corrected chi connectivity index (χ2v) is 5.49. The molecule has 3 aliphatic carbocycles. The van der Waals surface area contributed by atoms with Gasteiger partial charge in [-0.1, -0.05) is 72.9 Å². The standard InChI is InChI=1S/C19H12/c1-2-4-15-13(3-1)5-7-18-16(15)6-8-17-14-9-11-19(17,18)12-10-14/h1-12H. The van der Waals surface area contributed by atoms with E-state index < -0.39 is 0 Å². The van der Waals surface area contributed by atoms with Crippen LogP contribution < -0.4 is 0 Å². The second kappa shape index (κ2) is 2.97. The highest BCUT2D eigenvalue weighted by Crippen LogP contribution is 2.52. The third-order valence-electron chi connectivity index (χ3n) is 4.64. The Morgan fingerprint density at radius 2 is 1.58 bits per heavy atom. The highest BCUT2D eigenvalue weighted by molar-refractivity contribution is 5.95. The Kier molecular flexibility index (Phi) is 1.50. The van der Waals surface area contributed by atoms with Gasteiger partial charge in [0.25, 0.3) is 0 Å². The van der Waals surface area contributed by atoms with E-state index in [4.69, 9.17) is 0 Å². The maximum Gasteiger partial charge on any atom is 0.0581 e. The van der Waals surface area contributed by atoms with Crippen molar-refractivity contribution in [2.45, 2.75) is 5.41 Å². The van der Waals surface area contributed by atoms with Gasteiger partial charge < -0.3 is 0 Å². The fraction of sp³-hybridized carbons (Fsp3) is 0.0526. The summed E-state index contributed by atoms with van der Waals surface area (Å²) in [6.07, 6.45) is 13.8. The van der Waals surface area contributed by atoms with Gasteiger partial charge in [-0.2, -0.15) is 0 Å². The molecule has 19 heavy (non-hydrogen) atoms. The lowest BCUT2D eigenvalue weighted by Crippen LogP contribution is -2.23. The van der Waals surface area contributed by atoms with Crippen molar-refractivity contribution >= 4 is 16.8 Å². The summed E-state index contributed by atoms with van der Waals surface area (Å²) in [6.45, 7) is 0. The first-order chi connectivity index (χ1) is 9.38. The van der Waals surface area contributed by atoms with Gasteiger partial charge in [-0.15, -0.1) is 0 Å². The van der Waals surface area contributed by atoms with Gasteiger partial charge in [0.15, 0.2) is 0 Å². The van der Waals surface area contributed by atoms with Crippen molar-refractivity contribution in [3.8, 4) is 0 Å². The minimum absolute atomic E-state index is 0.0173. The molecule has 0 fully saturated rings. The summed E-state index contributed by atoms with van der Waals surface area (Å²) in [6, 6.07) is 13.2. The molecule has 0 radical (unpaired) electrons. The Morgan fingerprint density at radius 1 is 0.737 bits per heavy atom. The normalized spacial score (nSPS) is 20.2. The Bertz CT molecular complexity index is 841. The summed E-state index contributed by atoms with van der Waals surface area (Å²) in [5.74, 6) is 0. The number of fused-ring (bicyclic) bond motifs is 3. The minimum Gasteiger partial charge on any atom is -0.0652 e. The molecule has 0 atom stereocenters. The first-order valence-corrected chi connectivity index (χ1v) is 6.72. The molecule has 2 bridgehead atoms. The zero-order valence-corrected chi connectivity index (χ0v) is 10.4. The SMILES string of the molecule is C1=CC23C=CC1=C2C=Cc1c3ccc2ccccc12. The molecule has 0 unspecified atom stereocenters. The van der Waals surface area contributed by atoms with Gasteiger partial charge in [0.05, 0.1) is 5.41 Å². The van der Waals surface area contributed by atoms with Gasteiger partial charge in [0, 0.05) is 0 Å². The highest BCUT2D eigenvalue weighted by Gasteiger charge is 2.41. The summed E-state index contributed by atoms with van der Waals surface area (Å²) in [7, 11) is 0. The van der Waals surface area contributed by atoms with Crippen molar-refractivity contribution in [2.75, 3.05) is 0 Å². The van der Waals surface area contributed by atoms with E-state index in [0.717, 1.165) is 0 Å². The summed E-state index contributed by atoms with van der Waals surface area (Å²) < 4.78 is 0. The van der Waals surface area contributed by atoms with Crippen molar-refractivity contribution in [1.29, 1.82) is 0 Å². The van der Waals surface area contributed by atoms with Crippen LogP contribution in [0.4, 0.5) is 0 Å². The van der Waals surface area contributed by atoms with E-state index in [1.54, 1.807) is 0 Å². The van der Waals surface area contributed by atoms with Crippen molar-refractivity contribution < 1.29 is 0 Å². The Morgan fingerprint density at radius 3 is 2.47 bits per heavy atom. The molecule has 2 aromatic rings. The third-order valence-corrected chi connectivity index (χ3v) is 4.64. The minimum atomic E-state index is 0.0173. The van der Waals surface area contributed by atoms with Gasteiger partial charge in [0.1, 0.15) is 0 Å². The average Bonchev–Trinajstić information content (AvgIpc) is 3.02. The van der Waals surface area contributed by atoms with Gasteiger partial charge in [0.2, 0.25) is 0 Å². The van der Waals surface area contributed by atoms with Gasteiger partial charge >= 0.3 is 0 Å². The smallest absolute Gasteiger partial charge is 0.0581 e. The van der Waals surface area contributed by atoms with Crippen molar-refractivity contribution in [1.82, 2.24) is 0 Å². The maximum absolute atomic E-state index is 2.34. The lowest BCUT2D eigenvalue weighted by Gasteiger charge is -2.31. The lowest BCUT2D eigenvalue weighted by atomic mass is 9.71. The van der Waals surface area contributed by atoms with Crippen LogP contribution in [0.1, 0.15) is 11.1 Å². The van der Waals surface area contributed by atoms with Crippen molar-refractivity contribution in [3.05, 3.63) is 89.1 Å². The highest BCUT2D eigenvalue weighted by atomic mass is 14.4. The molecule has 0 nitrogen and oxygen atoms in total. The Balaban J connectivity index is 1.95. The van der Waals surface area contributed by atoms with Crippen molar-refractivity contribution in [2.24, 2.45) is 0 Å². The molecule has 88 valence electrons. The first kappa shape index (κ1) is 9.57. The molecule has 3 aliphatic rings. The van der Waals surface area contributed by atoms with Crippen molar-refractivity contribution in [3.63, 3.8) is 0 Å². The molecule has 0 amide bonds. The molecule has 0 saturated heterocycles. The first-order valence-electron chi connectivity index (χ1n) is 6.72. The number of rotatable bonds is 0. The number of allylic oxidation sites excluding steroid dienone is 7. The zero-order valence-electron chi connectivity index (χ0n) is 10.4. The van der Waals surface area contributed by atoms with E-state index >= 15 is 0 Å². The third kappa shape index (κ3) is 0.978. The van der Waals surface area contributed by atoms with Crippen LogP contribution in [0.2, 0.25) is 0 Å². The molecule has 0 heteroatoms. The summed E-state index contributed by atoms with van der Waals surface area (Å²) in [5, 5.41) is 2.67. The predicted octanol–water partition coefficient (Wildman–Crippen LogP) is 4.54. The molecular weight excluding hydrogens is 228 g/mol. The molecule has 0 saturated carbocycles. The monoisotopic (exact) mass is 240 g/mol. The van der Waals surface area contributed by atoms with Crippen LogP contribution in [0, 0.1) is 0 Å². The van der Waals surface area contributed by atoms with Crippen LogP contribution in [0.25, 0.3) is 16.8 Å². The Hall–Kier alpha value is -2.34. The maximum atomic E-state index is 2.34. The molecule has 2 aromatic carbocycles. The topological polar surface area (TPSA) is 0 Å². The Labute approximate surface area is 112 Å². The average molecular weight is 240 g/mol. The molecule has 0 heterocycles. The second-order valence-electron chi connectivity index (χ2n) is 5.49. The van der Waals surface area contributed by atoms with E-state index in [0.29, 0.717) is 0 Å². The number of benzene rings is 2. The van der Waals surface area contributed by atoms with E-state index in [2.05, 4.69) is 72.9 Å². The van der Waals surface area contributed by atoms with Crippen LogP contribution >= 0.6 is 0 Å². The molecular formula is C19H12. The molecule has 5 rings (SSSR count). The van der Waals surface area contributed by atoms with Crippen LogP contribution in [0.5, 0.6) is 0 Å². The van der Waals surface area contributed by atoms with Crippen LogP contribution in [0.3, 0.4) is 0 Å². The number of hydrogen-bond donors (Lipinski definition) is 0. The summed E-state index contributed by atoms with van der Waals surface area (Å²) >= 11 is 0. The zero-order chi connectivity index (χ0) is 12.4. The molecule has 0 aliphatic heterocycles.